The summed E-state index contributed by atoms with van der Waals surface area (Å²) in [6.45, 7) is 5.79. The van der Waals surface area contributed by atoms with Crippen LogP contribution >= 0.6 is 15.9 Å². The third-order valence-electron chi connectivity index (χ3n) is 3.03. The molecule has 0 saturated heterocycles. The molecule has 0 amide bonds. The van der Waals surface area contributed by atoms with Crippen LogP contribution in [-0.4, -0.2) is 20.1 Å². The molecule has 0 bridgehead atoms. The smallest absolute Gasteiger partial charge is 0.154 e. The second-order valence-electron chi connectivity index (χ2n) is 4.80. The van der Waals surface area contributed by atoms with E-state index < -0.39 is 5.60 Å². The topological polar surface area (TPSA) is 50.9 Å². The number of rotatable bonds is 2. The summed E-state index contributed by atoms with van der Waals surface area (Å²) in [4.78, 5) is 0. The van der Waals surface area contributed by atoms with E-state index in [1.165, 1.54) is 0 Å². The molecule has 1 N–H and O–H groups in total. The third kappa shape index (κ3) is 2.20. The van der Waals surface area contributed by atoms with Crippen LogP contribution < -0.4 is 0 Å². The first-order valence-electron chi connectivity index (χ1n) is 5.69. The highest BCUT2D eigenvalue weighted by Crippen LogP contribution is 2.33. The Bertz CT molecular complexity index is 550. The average Bonchev–Trinajstić information content (AvgIpc) is 2.57. The zero-order valence-electron chi connectivity index (χ0n) is 10.9. The number of aromatic nitrogens is 3. The van der Waals surface area contributed by atoms with Crippen LogP contribution in [0.25, 0.3) is 0 Å². The van der Waals surface area contributed by atoms with Gasteiger partial charge in [-0.05, 0) is 42.3 Å². The molecule has 0 fully saturated rings. The van der Waals surface area contributed by atoms with Crippen molar-refractivity contribution >= 4 is 15.9 Å². The highest BCUT2D eigenvalue weighted by Gasteiger charge is 2.32. The molecular formula is C13H16BrN3O. The predicted molar refractivity (Wildman–Crippen MR) is 73.3 cm³/mol. The van der Waals surface area contributed by atoms with Gasteiger partial charge in [-0.2, -0.15) is 0 Å². The minimum atomic E-state index is -1.13. The number of nitrogens with zero attached hydrogens (tertiary/aromatic N) is 3. The highest BCUT2D eigenvalue weighted by atomic mass is 79.9. The number of hydrogen-bond donors (Lipinski definition) is 1. The first-order chi connectivity index (χ1) is 8.32. The van der Waals surface area contributed by atoms with Gasteiger partial charge < -0.3 is 5.11 Å². The molecule has 2 aromatic rings. The Balaban J connectivity index is 2.61. The van der Waals surface area contributed by atoms with E-state index in [-0.39, 0.29) is 0 Å². The normalized spacial score (nSPS) is 14.6. The number of aryl methyl sites for hydroxylation is 3. The Kier molecular flexibility index (Phi) is 3.29. The Hall–Kier alpha value is -1.20. The van der Waals surface area contributed by atoms with Gasteiger partial charge in [-0.25, -0.2) is 4.68 Å². The average molecular weight is 310 g/mol. The zero-order chi connectivity index (χ0) is 13.5. The van der Waals surface area contributed by atoms with Crippen molar-refractivity contribution in [3.05, 3.63) is 45.2 Å². The maximum atomic E-state index is 10.8. The Morgan fingerprint density at radius 2 is 1.78 bits per heavy atom. The zero-order valence-corrected chi connectivity index (χ0v) is 12.5. The van der Waals surface area contributed by atoms with E-state index in [2.05, 4.69) is 32.3 Å². The van der Waals surface area contributed by atoms with E-state index >= 15 is 0 Å². The summed E-state index contributed by atoms with van der Waals surface area (Å²) in [7, 11) is 1.77. The summed E-state index contributed by atoms with van der Waals surface area (Å²) >= 11 is 3.33. The van der Waals surface area contributed by atoms with Crippen LogP contribution in [0.2, 0.25) is 0 Å². The highest BCUT2D eigenvalue weighted by molar-refractivity contribution is 9.10. The van der Waals surface area contributed by atoms with Crippen molar-refractivity contribution in [3.8, 4) is 0 Å². The van der Waals surface area contributed by atoms with E-state index in [0.717, 1.165) is 16.7 Å². The van der Waals surface area contributed by atoms with Gasteiger partial charge in [0.1, 0.15) is 11.3 Å². The Labute approximate surface area is 115 Å². The van der Waals surface area contributed by atoms with Crippen molar-refractivity contribution in [3.63, 3.8) is 0 Å². The standard InChI is InChI=1S/C13H16BrN3O/c1-8-5-9(2)7-10(6-8)13(3,18)11-12(14)15-16-17(11)4/h5-7,18H,1-4H3. The molecule has 1 heterocycles. The predicted octanol–water partition coefficient (Wildman–Crippen LogP) is 2.45. The van der Waals surface area contributed by atoms with Gasteiger partial charge in [0, 0.05) is 7.05 Å². The fraction of sp³-hybridized carbons (Fsp3) is 0.385. The molecule has 1 unspecified atom stereocenters. The molecule has 0 aliphatic heterocycles. The lowest BCUT2D eigenvalue weighted by atomic mass is 9.90. The first kappa shape index (κ1) is 13.2. The molecule has 96 valence electrons. The minimum absolute atomic E-state index is 0.564. The molecule has 18 heavy (non-hydrogen) atoms. The molecule has 0 saturated carbocycles. The van der Waals surface area contributed by atoms with E-state index in [9.17, 15) is 5.11 Å². The maximum Gasteiger partial charge on any atom is 0.154 e. The van der Waals surface area contributed by atoms with Gasteiger partial charge in [-0.1, -0.05) is 34.5 Å². The molecule has 0 spiro atoms. The van der Waals surface area contributed by atoms with Crippen molar-refractivity contribution in [2.45, 2.75) is 26.4 Å². The lowest BCUT2D eigenvalue weighted by Crippen LogP contribution is -2.26. The van der Waals surface area contributed by atoms with Crippen LogP contribution in [0.4, 0.5) is 0 Å². The maximum absolute atomic E-state index is 10.8. The lowest BCUT2D eigenvalue weighted by Gasteiger charge is -2.25. The van der Waals surface area contributed by atoms with Gasteiger partial charge in [0.2, 0.25) is 0 Å². The van der Waals surface area contributed by atoms with Gasteiger partial charge >= 0.3 is 0 Å². The Morgan fingerprint density at radius 3 is 2.22 bits per heavy atom. The third-order valence-corrected chi connectivity index (χ3v) is 3.56. The van der Waals surface area contributed by atoms with Crippen LogP contribution in [0.1, 0.15) is 29.3 Å². The summed E-state index contributed by atoms with van der Waals surface area (Å²) in [5.41, 5.74) is 2.60. The van der Waals surface area contributed by atoms with Crippen molar-refractivity contribution < 1.29 is 5.11 Å². The molecule has 0 aliphatic carbocycles. The van der Waals surface area contributed by atoms with E-state index in [0.29, 0.717) is 10.3 Å². The SMILES string of the molecule is Cc1cc(C)cc(C(C)(O)c2c(Br)nnn2C)c1. The summed E-state index contributed by atoms with van der Waals surface area (Å²) in [6.07, 6.45) is 0. The van der Waals surface area contributed by atoms with Crippen LogP contribution in [0.3, 0.4) is 0 Å². The molecule has 2 rings (SSSR count). The molecule has 0 radical (unpaired) electrons. The van der Waals surface area contributed by atoms with Crippen molar-refractivity contribution in [2.24, 2.45) is 7.05 Å². The minimum Gasteiger partial charge on any atom is -0.379 e. The molecular weight excluding hydrogens is 294 g/mol. The number of aliphatic hydroxyl groups is 1. The molecule has 4 nitrogen and oxygen atoms in total. The van der Waals surface area contributed by atoms with Gasteiger partial charge in [0.25, 0.3) is 0 Å². The van der Waals surface area contributed by atoms with Gasteiger partial charge in [0.05, 0.1) is 0 Å². The van der Waals surface area contributed by atoms with Crippen LogP contribution in [0.15, 0.2) is 22.8 Å². The van der Waals surface area contributed by atoms with Gasteiger partial charge in [0.15, 0.2) is 4.60 Å². The van der Waals surface area contributed by atoms with E-state index in [1.807, 2.05) is 26.0 Å². The summed E-state index contributed by atoms with van der Waals surface area (Å²) < 4.78 is 2.15. The second kappa shape index (κ2) is 4.48. The van der Waals surface area contributed by atoms with Crippen LogP contribution in [0.5, 0.6) is 0 Å². The number of hydrogen-bond acceptors (Lipinski definition) is 3. The molecule has 1 aromatic carbocycles. The van der Waals surface area contributed by atoms with Gasteiger partial charge in [-0.3, -0.25) is 0 Å². The van der Waals surface area contributed by atoms with Gasteiger partial charge in [-0.15, -0.1) is 5.10 Å². The van der Waals surface area contributed by atoms with Crippen molar-refractivity contribution in [1.29, 1.82) is 0 Å². The summed E-state index contributed by atoms with van der Waals surface area (Å²) in [5, 5.41) is 18.7. The summed E-state index contributed by atoms with van der Waals surface area (Å²) in [5.74, 6) is 0. The number of halogens is 1. The van der Waals surface area contributed by atoms with Crippen molar-refractivity contribution in [2.75, 3.05) is 0 Å². The Morgan fingerprint density at radius 1 is 1.22 bits per heavy atom. The fourth-order valence-electron chi connectivity index (χ4n) is 2.24. The molecule has 0 aliphatic rings. The molecule has 1 aromatic heterocycles. The summed E-state index contributed by atoms with van der Waals surface area (Å²) in [6, 6.07) is 6.04. The molecule has 5 heteroatoms. The molecule has 1 atom stereocenters. The quantitative estimate of drug-likeness (QED) is 0.927. The lowest BCUT2D eigenvalue weighted by molar-refractivity contribution is 0.0920. The largest absolute Gasteiger partial charge is 0.379 e. The van der Waals surface area contributed by atoms with Crippen LogP contribution in [-0.2, 0) is 12.6 Å². The second-order valence-corrected chi connectivity index (χ2v) is 5.55. The monoisotopic (exact) mass is 309 g/mol. The van der Waals surface area contributed by atoms with E-state index in [1.54, 1.807) is 18.7 Å². The fourth-order valence-corrected chi connectivity index (χ4v) is 2.95. The first-order valence-corrected chi connectivity index (χ1v) is 6.48. The number of benzene rings is 1. The van der Waals surface area contributed by atoms with Crippen LogP contribution in [0, 0.1) is 13.8 Å². The van der Waals surface area contributed by atoms with Crippen molar-refractivity contribution in [1.82, 2.24) is 15.0 Å². The van der Waals surface area contributed by atoms with E-state index in [4.69, 9.17) is 0 Å².